The third-order valence-electron chi connectivity index (χ3n) is 4.37. The van der Waals surface area contributed by atoms with Gasteiger partial charge in [0.15, 0.2) is 0 Å². The molecule has 1 aromatic carbocycles. The Hall–Kier alpha value is -1.84. The molecule has 4 nitrogen and oxygen atoms in total. The van der Waals surface area contributed by atoms with E-state index in [9.17, 15) is 9.59 Å². The molecule has 0 unspecified atom stereocenters. The van der Waals surface area contributed by atoms with E-state index in [-0.39, 0.29) is 11.9 Å². The fourth-order valence-corrected chi connectivity index (χ4v) is 3.25. The van der Waals surface area contributed by atoms with Gasteiger partial charge >= 0.3 is 6.03 Å². The molecule has 0 radical (unpaired) electrons. The van der Waals surface area contributed by atoms with Crippen molar-refractivity contribution in [3.05, 3.63) is 35.4 Å². The van der Waals surface area contributed by atoms with Gasteiger partial charge in [-0.05, 0) is 44.1 Å². The van der Waals surface area contributed by atoms with Crippen LogP contribution in [0.3, 0.4) is 0 Å². The fraction of sp³-hybridized carbons (Fsp3) is 0.467. The zero-order valence-corrected chi connectivity index (χ0v) is 11.0. The largest absolute Gasteiger partial charge is 0.323 e. The Kier molecular flexibility index (Phi) is 2.81. The molecular formula is C15H18N2O2. The molecule has 19 heavy (non-hydrogen) atoms. The van der Waals surface area contributed by atoms with Gasteiger partial charge in [0.1, 0.15) is 5.54 Å². The van der Waals surface area contributed by atoms with Crippen LogP contribution in [0.2, 0.25) is 0 Å². The molecule has 2 N–H and O–H groups in total. The Morgan fingerprint density at radius 1 is 1.21 bits per heavy atom. The predicted octanol–water partition coefficient (Wildman–Crippen LogP) is 2.23. The smallest absolute Gasteiger partial charge is 0.322 e. The van der Waals surface area contributed by atoms with E-state index < -0.39 is 5.54 Å². The zero-order valence-electron chi connectivity index (χ0n) is 11.0. The monoisotopic (exact) mass is 258 g/mol. The van der Waals surface area contributed by atoms with Crippen molar-refractivity contribution in [1.29, 1.82) is 0 Å². The highest BCUT2D eigenvalue weighted by molar-refractivity contribution is 6.07. The van der Waals surface area contributed by atoms with Crippen LogP contribution in [-0.2, 0) is 4.79 Å². The van der Waals surface area contributed by atoms with Gasteiger partial charge < -0.3 is 5.32 Å². The van der Waals surface area contributed by atoms with Gasteiger partial charge in [0.2, 0.25) is 0 Å². The molecule has 0 bridgehead atoms. The summed E-state index contributed by atoms with van der Waals surface area (Å²) in [5.74, 6) is 0.344. The van der Waals surface area contributed by atoms with Crippen LogP contribution in [0.5, 0.6) is 0 Å². The minimum Gasteiger partial charge on any atom is -0.323 e. The normalized spacial score (nSPS) is 30.3. The molecule has 1 saturated heterocycles. The lowest BCUT2D eigenvalue weighted by molar-refractivity contribution is -0.125. The quantitative estimate of drug-likeness (QED) is 0.759. The van der Waals surface area contributed by atoms with E-state index in [1.54, 1.807) is 0 Å². The van der Waals surface area contributed by atoms with E-state index in [2.05, 4.69) is 41.8 Å². The Morgan fingerprint density at radius 2 is 1.95 bits per heavy atom. The molecule has 100 valence electrons. The minimum absolute atomic E-state index is 0.153. The lowest BCUT2D eigenvalue weighted by Crippen LogP contribution is -2.49. The number of imide groups is 1. The lowest BCUT2D eigenvalue weighted by atomic mass is 9.74. The van der Waals surface area contributed by atoms with Crippen LogP contribution in [0.4, 0.5) is 4.79 Å². The maximum atomic E-state index is 11.9. The van der Waals surface area contributed by atoms with Gasteiger partial charge in [0, 0.05) is 0 Å². The number of nitrogens with one attached hydrogen (secondary N) is 2. The molecule has 1 aromatic rings. The molecular weight excluding hydrogens is 240 g/mol. The third kappa shape index (κ3) is 2.11. The first-order valence-electron chi connectivity index (χ1n) is 6.79. The van der Waals surface area contributed by atoms with Gasteiger partial charge in [0.25, 0.3) is 5.91 Å². The van der Waals surface area contributed by atoms with Gasteiger partial charge in [-0.15, -0.1) is 0 Å². The van der Waals surface area contributed by atoms with E-state index in [1.165, 1.54) is 11.1 Å². The highest BCUT2D eigenvalue weighted by Gasteiger charge is 2.48. The number of aryl methyl sites for hydroxylation is 1. The summed E-state index contributed by atoms with van der Waals surface area (Å²) < 4.78 is 0. The van der Waals surface area contributed by atoms with Crippen molar-refractivity contribution in [1.82, 2.24) is 10.6 Å². The summed E-state index contributed by atoms with van der Waals surface area (Å²) in [6, 6.07) is 8.20. The molecule has 0 atom stereocenters. The Labute approximate surface area is 112 Å². The molecule has 1 aliphatic carbocycles. The van der Waals surface area contributed by atoms with E-state index in [0.29, 0.717) is 5.92 Å². The molecule has 0 aromatic heterocycles. The summed E-state index contributed by atoms with van der Waals surface area (Å²) in [6.45, 7) is 2.10. The van der Waals surface area contributed by atoms with Crippen molar-refractivity contribution < 1.29 is 9.59 Å². The van der Waals surface area contributed by atoms with E-state index >= 15 is 0 Å². The van der Waals surface area contributed by atoms with Crippen molar-refractivity contribution in [3.8, 4) is 0 Å². The van der Waals surface area contributed by atoms with Crippen molar-refractivity contribution in [2.24, 2.45) is 0 Å². The second-order valence-electron chi connectivity index (χ2n) is 5.68. The summed E-state index contributed by atoms with van der Waals surface area (Å²) in [5.41, 5.74) is 1.97. The first-order valence-corrected chi connectivity index (χ1v) is 6.79. The van der Waals surface area contributed by atoms with Crippen LogP contribution in [-0.4, -0.2) is 17.5 Å². The molecule has 4 heteroatoms. The number of carbonyl (C=O) groups excluding carboxylic acids is 2. The van der Waals surface area contributed by atoms with Crippen LogP contribution < -0.4 is 10.6 Å². The van der Waals surface area contributed by atoms with Crippen LogP contribution >= 0.6 is 0 Å². The summed E-state index contributed by atoms with van der Waals surface area (Å²) in [6.07, 6.45) is 3.33. The number of urea groups is 1. The molecule has 2 fully saturated rings. The molecule has 1 saturated carbocycles. The number of amides is 3. The van der Waals surface area contributed by atoms with Crippen molar-refractivity contribution >= 4 is 11.9 Å². The van der Waals surface area contributed by atoms with Gasteiger partial charge in [-0.3, -0.25) is 10.1 Å². The summed E-state index contributed by atoms with van der Waals surface area (Å²) in [7, 11) is 0. The van der Waals surface area contributed by atoms with Gasteiger partial charge in [-0.1, -0.05) is 29.8 Å². The number of carbonyl (C=O) groups is 2. The van der Waals surface area contributed by atoms with Crippen LogP contribution in [0.1, 0.15) is 42.7 Å². The minimum atomic E-state index is -0.641. The zero-order chi connectivity index (χ0) is 13.5. The van der Waals surface area contributed by atoms with Crippen LogP contribution in [0.25, 0.3) is 0 Å². The topological polar surface area (TPSA) is 58.2 Å². The molecule has 1 aliphatic heterocycles. The van der Waals surface area contributed by atoms with E-state index in [4.69, 9.17) is 0 Å². The Bertz CT molecular complexity index is 531. The van der Waals surface area contributed by atoms with Crippen molar-refractivity contribution in [2.45, 2.75) is 44.1 Å². The summed E-state index contributed by atoms with van der Waals surface area (Å²) >= 11 is 0. The molecule has 3 amide bonds. The van der Waals surface area contributed by atoms with E-state index in [1.807, 2.05) is 0 Å². The highest BCUT2D eigenvalue weighted by atomic mass is 16.2. The van der Waals surface area contributed by atoms with Crippen LogP contribution in [0.15, 0.2) is 24.3 Å². The van der Waals surface area contributed by atoms with Crippen molar-refractivity contribution in [2.75, 3.05) is 0 Å². The van der Waals surface area contributed by atoms with Crippen molar-refractivity contribution in [3.63, 3.8) is 0 Å². The number of benzene rings is 1. The third-order valence-corrected chi connectivity index (χ3v) is 4.37. The second kappa shape index (κ2) is 4.37. The number of rotatable bonds is 1. The van der Waals surface area contributed by atoms with Gasteiger partial charge in [-0.2, -0.15) is 0 Å². The lowest BCUT2D eigenvalue weighted by Gasteiger charge is -2.34. The summed E-state index contributed by atoms with van der Waals surface area (Å²) in [4.78, 5) is 23.1. The number of hydrogen-bond acceptors (Lipinski definition) is 2. The SMILES string of the molecule is Cc1cccc(C2CCC3(CC2)NC(=O)NC3=O)c1. The average molecular weight is 258 g/mol. The first-order chi connectivity index (χ1) is 9.09. The van der Waals surface area contributed by atoms with Gasteiger partial charge in [0.05, 0.1) is 0 Å². The second-order valence-corrected chi connectivity index (χ2v) is 5.68. The molecule has 1 spiro atoms. The van der Waals surface area contributed by atoms with Crippen LogP contribution in [0, 0.1) is 6.92 Å². The fourth-order valence-electron chi connectivity index (χ4n) is 3.25. The maximum Gasteiger partial charge on any atom is 0.322 e. The maximum absolute atomic E-state index is 11.9. The van der Waals surface area contributed by atoms with Gasteiger partial charge in [-0.25, -0.2) is 4.79 Å². The Morgan fingerprint density at radius 3 is 2.53 bits per heavy atom. The predicted molar refractivity (Wildman–Crippen MR) is 71.8 cm³/mol. The standard InChI is InChI=1S/C15H18N2O2/c1-10-3-2-4-12(9-10)11-5-7-15(8-6-11)13(18)16-14(19)17-15/h2-4,9,11H,5-8H2,1H3,(H2,16,17,18,19). The summed E-state index contributed by atoms with van der Waals surface area (Å²) in [5, 5.41) is 5.15. The van der Waals surface area contributed by atoms with E-state index in [0.717, 1.165) is 25.7 Å². The molecule has 2 aliphatic rings. The highest BCUT2D eigenvalue weighted by Crippen LogP contribution is 2.39. The molecule has 3 rings (SSSR count). The first kappa shape index (κ1) is 12.2. The molecule has 1 heterocycles. The number of hydrogen-bond donors (Lipinski definition) is 2. The Balaban J connectivity index is 1.73. The average Bonchev–Trinajstić information content (AvgIpc) is 2.65.